The topological polar surface area (TPSA) is 55.4 Å². The number of fused-ring (bicyclic) bond motifs is 2. The minimum atomic E-state index is -0.161. The summed E-state index contributed by atoms with van der Waals surface area (Å²) in [6, 6.07) is 5.78. The van der Waals surface area contributed by atoms with Crippen molar-refractivity contribution in [2.45, 2.75) is 32.4 Å². The second-order valence-corrected chi connectivity index (χ2v) is 8.62. The van der Waals surface area contributed by atoms with Crippen molar-refractivity contribution in [2.24, 2.45) is 10.9 Å². The normalized spacial score (nSPS) is 17.8. The molecule has 0 saturated heterocycles. The van der Waals surface area contributed by atoms with Crippen LogP contribution in [0.3, 0.4) is 0 Å². The van der Waals surface area contributed by atoms with E-state index < -0.39 is 0 Å². The number of rotatable bonds is 8. The van der Waals surface area contributed by atoms with Gasteiger partial charge in [-0.25, -0.2) is 9.38 Å². The highest BCUT2D eigenvalue weighted by Crippen LogP contribution is 2.26. The van der Waals surface area contributed by atoms with E-state index in [1.54, 1.807) is 0 Å². The van der Waals surface area contributed by atoms with Crippen LogP contribution < -0.4 is 10.6 Å². The standard InChI is InChI=1S/C26H28FN5/c1-17-12-22(31-25-8-3-4-11-32(17)25)18(2)29-15-20-9-10-21-23(13-20)30-24(26(21)27)16-28-14-19-6-5-7-19/h3-4,8-13,19,28-30H,1-2,5-7,14-16H2. The van der Waals surface area contributed by atoms with Crippen molar-refractivity contribution in [1.29, 1.82) is 0 Å². The van der Waals surface area contributed by atoms with Crippen LogP contribution in [-0.2, 0) is 13.1 Å². The van der Waals surface area contributed by atoms with Gasteiger partial charge in [-0.3, -0.25) is 0 Å². The Labute approximate surface area is 187 Å². The minimum Gasteiger partial charge on any atom is -0.380 e. The van der Waals surface area contributed by atoms with Gasteiger partial charge in [-0.2, -0.15) is 0 Å². The number of H-pyrrole nitrogens is 1. The van der Waals surface area contributed by atoms with Crippen LogP contribution in [0.5, 0.6) is 0 Å². The molecule has 3 heterocycles. The van der Waals surface area contributed by atoms with Crippen LogP contribution in [0.4, 0.5) is 4.39 Å². The van der Waals surface area contributed by atoms with Crippen molar-refractivity contribution >= 4 is 16.7 Å². The molecule has 1 saturated carbocycles. The molecule has 1 aliphatic carbocycles. The highest BCUT2D eigenvalue weighted by atomic mass is 19.1. The van der Waals surface area contributed by atoms with Gasteiger partial charge in [-0.05, 0) is 61.2 Å². The van der Waals surface area contributed by atoms with E-state index in [9.17, 15) is 4.39 Å². The molecule has 2 aliphatic heterocycles. The number of hydrogen-bond acceptors (Lipinski definition) is 4. The third-order valence-electron chi connectivity index (χ3n) is 6.33. The number of allylic oxidation sites excluding steroid dienone is 3. The number of halogens is 1. The van der Waals surface area contributed by atoms with E-state index in [4.69, 9.17) is 0 Å². The number of benzene rings is 1. The molecule has 5 nitrogen and oxygen atoms in total. The molecule has 164 valence electrons. The first-order valence-electron chi connectivity index (χ1n) is 11.1. The fourth-order valence-corrected chi connectivity index (χ4v) is 4.20. The molecule has 3 N–H and O–H groups in total. The van der Waals surface area contributed by atoms with Crippen molar-refractivity contribution in [3.05, 3.63) is 96.0 Å². The molecule has 0 amide bonds. The highest BCUT2D eigenvalue weighted by molar-refractivity contribution is 5.98. The molecule has 2 aromatic rings. The number of nitrogens with one attached hydrogen (secondary N) is 3. The summed E-state index contributed by atoms with van der Waals surface area (Å²) in [7, 11) is 0. The predicted molar refractivity (Wildman–Crippen MR) is 128 cm³/mol. The SMILES string of the molecule is C=C(NCc1ccc2c(F)c(CNCC3CCC3)[nH]c2c1)C1=CC(=C)N2C=CC=CC2=N1. The van der Waals surface area contributed by atoms with Crippen LogP contribution >= 0.6 is 0 Å². The van der Waals surface area contributed by atoms with Crippen molar-refractivity contribution < 1.29 is 4.39 Å². The average molecular weight is 430 g/mol. The monoisotopic (exact) mass is 429 g/mol. The van der Waals surface area contributed by atoms with Crippen LogP contribution in [0.1, 0.15) is 30.5 Å². The van der Waals surface area contributed by atoms with Crippen LogP contribution in [0.15, 0.2) is 83.9 Å². The lowest BCUT2D eigenvalue weighted by Crippen LogP contribution is -2.27. The Hall–Kier alpha value is -3.38. The Morgan fingerprint density at radius 2 is 2.12 bits per heavy atom. The molecule has 0 radical (unpaired) electrons. The lowest BCUT2D eigenvalue weighted by Gasteiger charge is -2.27. The first kappa shape index (κ1) is 20.5. The summed E-state index contributed by atoms with van der Waals surface area (Å²) in [5, 5.41) is 7.35. The van der Waals surface area contributed by atoms with Crippen LogP contribution in [0.2, 0.25) is 0 Å². The zero-order chi connectivity index (χ0) is 22.1. The van der Waals surface area contributed by atoms with Crippen molar-refractivity contribution in [1.82, 2.24) is 20.5 Å². The van der Waals surface area contributed by atoms with Crippen molar-refractivity contribution in [2.75, 3.05) is 6.54 Å². The second kappa shape index (κ2) is 8.63. The number of hydrogen-bond donors (Lipinski definition) is 3. The molecular formula is C26H28FN5. The van der Waals surface area contributed by atoms with E-state index in [1.807, 2.05) is 53.6 Å². The first-order valence-corrected chi connectivity index (χ1v) is 11.1. The molecule has 1 aromatic carbocycles. The van der Waals surface area contributed by atoms with Gasteiger partial charge in [0, 0.05) is 35.9 Å². The van der Waals surface area contributed by atoms with Crippen LogP contribution in [0.25, 0.3) is 10.9 Å². The number of aromatic amines is 1. The molecule has 3 aliphatic rings. The summed E-state index contributed by atoms with van der Waals surface area (Å²) in [5.41, 5.74) is 4.80. The first-order chi connectivity index (χ1) is 15.6. The molecule has 0 spiro atoms. The summed E-state index contributed by atoms with van der Waals surface area (Å²) >= 11 is 0. The Balaban J connectivity index is 1.23. The maximum absolute atomic E-state index is 14.8. The smallest absolute Gasteiger partial charge is 0.153 e. The van der Waals surface area contributed by atoms with E-state index in [0.29, 0.717) is 24.2 Å². The number of amidine groups is 1. The lowest BCUT2D eigenvalue weighted by atomic mass is 9.85. The molecule has 0 unspecified atom stereocenters. The van der Waals surface area contributed by atoms with Crippen molar-refractivity contribution in [3.63, 3.8) is 0 Å². The Morgan fingerprint density at radius 1 is 1.25 bits per heavy atom. The van der Waals surface area contributed by atoms with E-state index in [-0.39, 0.29) is 5.82 Å². The van der Waals surface area contributed by atoms with Crippen molar-refractivity contribution in [3.8, 4) is 0 Å². The molecule has 32 heavy (non-hydrogen) atoms. The van der Waals surface area contributed by atoms with Gasteiger partial charge in [0.1, 0.15) is 5.84 Å². The fourth-order valence-electron chi connectivity index (χ4n) is 4.20. The summed E-state index contributed by atoms with van der Waals surface area (Å²) in [5.74, 6) is 1.41. The lowest BCUT2D eigenvalue weighted by molar-refractivity contribution is 0.300. The van der Waals surface area contributed by atoms with E-state index >= 15 is 0 Å². The minimum absolute atomic E-state index is 0.161. The van der Waals surface area contributed by atoms with E-state index in [0.717, 1.165) is 46.5 Å². The van der Waals surface area contributed by atoms with E-state index in [2.05, 4.69) is 33.8 Å². The molecule has 5 rings (SSSR count). The quantitative estimate of drug-likeness (QED) is 0.554. The third kappa shape index (κ3) is 4.06. The van der Waals surface area contributed by atoms with Gasteiger partial charge >= 0.3 is 0 Å². The van der Waals surface area contributed by atoms with Gasteiger partial charge < -0.3 is 20.5 Å². The Morgan fingerprint density at radius 3 is 2.94 bits per heavy atom. The molecule has 1 fully saturated rings. The molecule has 1 aromatic heterocycles. The second-order valence-electron chi connectivity index (χ2n) is 8.62. The van der Waals surface area contributed by atoms with Gasteiger partial charge in [0.2, 0.25) is 0 Å². The molecule has 6 heteroatoms. The maximum atomic E-state index is 14.8. The van der Waals surface area contributed by atoms with Gasteiger partial charge in [0.15, 0.2) is 5.82 Å². The van der Waals surface area contributed by atoms with E-state index in [1.165, 1.54) is 19.3 Å². The fraction of sp³-hybridized carbons (Fsp3) is 0.269. The molecular weight excluding hydrogens is 401 g/mol. The van der Waals surface area contributed by atoms with Gasteiger partial charge in [0.05, 0.1) is 17.1 Å². The number of aromatic nitrogens is 1. The summed E-state index contributed by atoms with van der Waals surface area (Å²) in [4.78, 5) is 9.85. The zero-order valence-electron chi connectivity index (χ0n) is 18.1. The third-order valence-corrected chi connectivity index (χ3v) is 6.33. The molecule has 0 atom stereocenters. The van der Waals surface area contributed by atoms with Crippen LogP contribution in [0, 0.1) is 11.7 Å². The zero-order valence-corrected chi connectivity index (χ0v) is 18.1. The largest absolute Gasteiger partial charge is 0.380 e. The number of nitrogens with zero attached hydrogens (tertiary/aromatic N) is 2. The average Bonchev–Trinajstić information content (AvgIpc) is 3.08. The maximum Gasteiger partial charge on any atom is 0.153 e. The summed E-state index contributed by atoms with van der Waals surface area (Å²) in [6.45, 7) is 10.3. The van der Waals surface area contributed by atoms with Gasteiger partial charge in [0.25, 0.3) is 0 Å². The number of aliphatic imine (C=N–C) groups is 1. The highest BCUT2D eigenvalue weighted by Gasteiger charge is 2.19. The summed E-state index contributed by atoms with van der Waals surface area (Å²) < 4.78 is 14.8. The van der Waals surface area contributed by atoms with Crippen LogP contribution in [-0.4, -0.2) is 22.3 Å². The van der Waals surface area contributed by atoms with Gasteiger partial charge in [-0.15, -0.1) is 0 Å². The van der Waals surface area contributed by atoms with Gasteiger partial charge in [-0.1, -0.05) is 31.7 Å². The summed E-state index contributed by atoms with van der Waals surface area (Å²) in [6.07, 6.45) is 13.6. The Kier molecular flexibility index (Phi) is 5.53. The molecule has 0 bridgehead atoms. The Bertz CT molecular complexity index is 1190. The predicted octanol–water partition coefficient (Wildman–Crippen LogP) is 5.00.